The molecule has 0 aliphatic carbocycles. The van der Waals surface area contributed by atoms with E-state index < -0.39 is 5.97 Å². The summed E-state index contributed by atoms with van der Waals surface area (Å²) >= 11 is 1.56. The molecule has 0 saturated heterocycles. The van der Waals surface area contributed by atoms with Crippen LogP contribution in [0.2, 0.25) is 0 Å². The molecule has 17 heavy (non-hydrogen) atoms. The number of thioether (sulfide) groups is 1. The second-order valence-electron chi connectivity index (χ2n) is 3.52. The number of H-pyrrole nitrogens is 1. The van der Waals surface area contributed by atoms with Gasteiger partial charge in [-0.15, -0.1) is 0 Å². The second kappa shape index (κ2) is 5.54. The third kappa shape index (κ3) is 3.35. The van der Waals surface area contributed by atoms with Crippen molar-refractivity contribution in [2.24, 2.45) is 0 Å². The highest BCUT2D eigenvalue weighted by Crippen LogP contribution is 2.21. The van der Waals surface area contributed by atoms with E-state index in [1.165, 1.54) is 0 Å². The molecule has 0 aliphatic heterocycles. The maximum atomic E-state index is 10.7. The summed E-state index contributed by atoms with van der Waals surface area (Å²) in [6, 6.07) is 7.59. The van der Waals surface area contributed by atoms with Gasteiger partial charge in [-0.1, -0.05) is 36.0 Å². The third-order valence-corrected chi connectivity index (χ3v) is 3.25. The molecule has 0 saturated carbocycles. The number of carbonyl (C=O) groups is 1. The fraction of sp³-hybridized carbons (Fsp3) is 0.167. The normalized spacial score (nSPS) is 10.4. The summed E-state index contributed by atoms with van der Waals surface area (Å²) in [7, 11) is 0. The van der Waals surface area contributed by atoms with E-state index in [1.807, 2.05) is 24.3 Å². The second-order valence-corrected chi connectivity index (χ2v) is 4.49. The summed E-state index contributed by atoms with van der Waals surface area (Å²) in [6.07, 6.45) is 3.53. The van der Waals surface area contributed by atoms with Gasteiger partial charge in [0.1, 0.15) is 0 Å². The molecule has 0 fully saturated rings. The number of benzene rings is 1. The van der Waals surface area contributed by atoms with Crippen LogP contribution in [0.1, 0.15) is 11.1 Å². The molecule has 2 rings (SSSR count). The highest BCUT2D eigenvalue weighted by molar-refractivity contribution is 7.98. The Bertz CT molecular complexity index is 497. The number of aliphatic carboxylic acids is 1. The predicted octanol–water partition coefficient (Wildman–Crippen LogP) is 2.33. The first-order valence-electron chi connectivity index (χ1n) is 5.16. The summed E-state index contributed by atoms with van der Waals surface area (Å²) in [5, 5.41) is 9.66. The SMILES string of the molecule is O=C(O)Cc1ccccc1CSc1ncc[nH]1. The Balaban J connectivity index is 2.06. The van der Waals surface area contributed by atoms with Gasteiger partial charge >= 0.3 is 5.97 Å². The van der Waals surface area contributed by atoms with Crippen molar-refractivity contribution < 1.29 is 9.90 Å². The number of aromatic amines is 1. The van der Waals surface area contributed by atoms with Crippen LogP contribution in [-0.2, 0) is 17.0 Å². The lowest BCUT2D eigenvalue weighted by molar-refractivity contribution is -0.136. The standard InChI is InChI=1S/C12H12N2O2S/c15-11(16)7-9-3-1-2-4-10(9)8-17-12-13-5-6-14-12/h1-6H,7-8H2,(H,13,14)(H,15,16). The quantitative estimate of drug-likeness (QED) is 0.797. The van der Waals surface area contributed by atoms with Crippen molar-refractivity contribution in [3.05, 3.63) is 47.8 Å². The van der Waals surface area contributed by atoms with Crippen LogP contribution in [0.25, 0.3) is 0 Å². The zero-order chi connectivity index (χ0) is 12.1. The van der Waals surface area contributed by atoms with Gasteiger partial charge in [0.15, 0.2) is 5.16 Å². The number of aromatic nitrogens is 2. The number of hydrogen-bond donors (Lipinski definition) is 2. The van der Waals surface area contributed by atoms with E-state index in [4.69, 9.17) is 5.11 Å². The first kappa shape index (κ1) is 11.7. The zero-order valence-electron chi connectivity index (χ0n) is 9.09. The molecule has 4 nitrogen and oxygen atoms in total. The van der Waals surface area contributed by atoms with Gasteiger partial charge < -0.3 is 10.1 Å². The van der Waals surface area contributed by atoms with Crippen molar-refractivity contribution in [3.8, 4) is 0 Å². The average Bonchev–Trinajstić information content (AvgIpc) is 2.80. The molecule has 0 bridgehead atoms. The largest absolute Gasteiger partial charge is 0.481 e. The fourth-order valence-corrected chi connectivity index (χ4v) is 2.37. The Morgan fingerprint density at radius 1 is 1.35 bits per heavy atom. The summed E-state index contributed by atoms with van der Waals surface area (Å²) < 4.78 is 0. The highest BCUT2D eigenvalue weighted by Gasteiger charge is 2.07. The molecule has 1 aromatic heterocycles. The molecule has 0 unspecified atom stereocenters. The third-order valence-electron chi connectivity index (χ3n) is 2.30. The Morgan fingerprint density at radius 2 is 2.12 bits per heavy atom. The monoisotopic (exact) mass is 248 g/mol. The van der Waals surface area contributed by atoms with Gasteiger partial charge in [-0.05, 0) is 11.1 Å². The lowest BCUT2D eigenvalue weighted by Crippen LogP contribution is -2.02. The van der Waals surface area contributed by atoms with Gasteiger partial charge in [0.05, 0.1) is 6.42 Å². The van der Waals surface area contributed by atoms with Crippen LogP contribution >= 0.6 is 11.8 Å². The number of carboxylic acids is 1. The number of imidazole rings is 1. The number of rotatable bonds is 5. The van der Waals surface area contributed by atoms with Gasteiger partial charge in [-0.2, -0.15) is 0 Å². The number of carboxylic acid groups (broad SMARTS) is 1. The van der Waals surface area contributed by atoms with Crippen LogP contribution in [-0.4, -0.2) is 21.0 Å². The Kier molecular flexibility index (Phi) is 3.82. The molecular formula is C12H12N2O2S. The minimum atomic E-state index is -0.805. The summed E-state index contributed by atoms with van der Waals surface area (Å²) in [5.74, 6) is -0.0859. The van der Waals surface area contributed by atoms with Crippen LogP contribution in [0.3, 0.4) is 0 Å². The lowest BCUT2D eigenvalue weighted by atomic mass is 10.1. The van der Waals surface area contributed by atoms with Crippen molar-refractivity contribution in [1.82, 2.24) is 9.97 Å². The molecule has 0 radical (unpaired) electrons. The fourth-order valence-electron chi connectivity index (χ4n) is 1.51. The van der Waals surface area contributed by atoms with Crippen LogP contribution in [0.15, 0.2) is 41.8 Å². The first-order valence-corrected chi connectivity index (χ1v) is 6.15. The maximum Gasteiger partial charge on any atom is 0.307 e. The Hall–Kier alpha value is -1.75. The minimum absolute atomic E-state index is 0.0644. The molecule has 2 N–H and O–H groups in total. The van der Waals surface area contributed by atoms with Crippen molar-refractivity contribution in [2.45, 2.75) is 17.3 Å². The van der Waals surface area contributed by atoms with E-state index in [9.17, 15) is 4.79 Å². The van der Waals surface area contributed by atoms with E-state index in [0.29, 0.717) is 0 Å². The highest BCUT2D eigenvalue weighted by atomic mass is 32.2. The van der Waals surface area contributed by atoms with E-state index >= 15 is 0 Å². The maximum absolute atomic E-state index is 10.7. The van der Waals surface area contributed by atoms with Crippen molar-refractivity contribution in [1.29, 1.82) is 0 Å². The van der Waals surface area contributed by atoms with Crippen LogP contribution in [0.5, 0.6) is 0 Å². The minimum Gasteiger partial charge on any atom is -0.481 e. The van der Waals surface area contributed by atoms with E-state index in [1.54, 1.807) is 24.2 Å². The van der Waals surface area contributed by atoms with Crippen LogP contribution < -0.4 is 0 Å². The summed E-state index contributed by atoms with van der Waals surface area (Å²) in [5.41, 5.74) is 1.90. The first-order chi connectivity index (χ1) is 8.25. The van der Waals surface area contributed by atoms with Crippen LogP contribution in [0.4, 0.5) is 0 Å². The summed E-state index contributed by atoms with van der Waals surface area (Å²) in [4.78, 5) is 17.8. The Labute approximate surface area is 103 Å². The molecule has 0 spiro atoms. The van der Waals surface area contributed by atoms with Crippen molar-refractivity contribution in [2.75, 3.05) is 0 Å². The molecule has 0 amide bonds. The lowest BCUT2D eigenvalue weighted by Gasteiger charge is -2.06. The van der Waals surface area contributed by atoms with Crippen LogP contribution in [0, 0.1) is 0 Å². The van der Waals surface area contributed by atoms with E-state index in [0.717, 1.165) is 22.0 Å². The van der Waals surface area contributed by atoms with Gasteiger partial charge in [0.25, 0.3) is 0 Å². The number of nitrogens with one attached hydrogen (secondary N) is 1. The molecule has 0 aliphatic rings. The zero-order valence-corrected chi connectivity index (χ0v) is 9.91. The smallest absolute Gasteiger partial charge is 0.307 e. The van der Waals surface area contributed by atoms with Gasteiger partial charge in [-0.3, -0.25) is 4.79 Å². The average molecular weight is 248 g/mol. The van der Waals surface area contributed by atoms with Crippen molar-refractivity contribution in [3.63, 3.8) is 0 Å². The molecule has 88 valence electrons. The number of hydrogen-bond acceptors (Lipinski definition) is 3. The topological polar surface area (TPSA) is 66.0 Å². The molecule has 1 heterocycles. The summed E-state index contributed by atoms with van der Waals surface area (Å²) in [6.45, 7) is 0. The molecular weight excluding hydrogens is 236 g/mol. The van der Waals surface area contributed by atoms with Gasteiger partial charge in [0, 0.05) is 18.1 Å². The molecule has 5 heteroatoms. The van der Waals surface area contributed by atoms with E-state index in [-0.39, 0.29) is 6.42 Å². The molecule has 0 atom stereocenters. The van der Waals surface area contributed by atoms with E-state index in [2.05, 4.69) is 9.97 Å². The molecule has 2 aromatic rings. The van der Waals surface area contributed by atoms with Gasteiger partial charge in [-0.25, -0.2) is 4.98 Å². The number of nitrogens with zero attached hydrogens (tertiary/aromatic N) is 1. The van der Waals surface area contributed by atoms with Gasteiger partial charge in [0.2, 0.25) is 0 Å². The Morgan fingerprint density at radius 3 is 2.76 bits per heavy atom. The predicted molar refractivity (Wildman–Crippen MR) is 65.9 cm³/mol. The van der Waals surface area contributed by atoms with Crippen molar-refractivity contribution >= 4 is 17.7 Å². The molecule has 1 aromatic carbocycles.